The number of likely N-dealkylation sites (tertiary alicyclic amines) is 1. The van der Waals surface area contributed by atoms with E-state index < -0.39 is 0 Å². The molecule has 0 unspecified atom stereocenters. The molecule has 1 aromatic heterocycles. The lowest BCUT2D eigenvalue weighted by Crippen LogP contribution is -2.34. The van der Waals surface area contributed by atoms with E-state index in [1.165, 1.54) is 19.3 Å². The number of nitriles is 1. The normalized spacial score (nSPS) is 24.1. The molecule has 2 aliphatic rings. The molecule has 162 valence electrons. The third-order valence-electron chi connectivity index (χ3n) is 6.88. The minimum atomic E-state index is 0.323. The second-order valence-corrected chi connectivity index (χ2v) is 10.5. The Kier molecular flexibility index (Phi) is 4.93. The topological polar surface area (TPSA) is 52.5 Å². The van der Waals surface area contributed by atoms with Crippen LogP contribution in [0, 0.1) is 22.2 Å². The van der Waals surface area contributed by atoms with Crippen molar-refractivity contribution in [2.75, 3.05) is 6.54 Å². The van der Waals surface area contributed by atoms with Crippen LogP contribution in [-0.2, 0) is 0 Å². The molecule has 2 fully saturated rings. The van der Waals surface area contributed by atoms with Crippen molar-refractivity contribution in [2.24, 2.45) is 15.8 Å². The summed E-state index contributed by atoms with van der Waals surface area (Å²) >= 11 is 0. The van der Waals surface area contributed by atoms with Crippen molar-refractivity contribution in [1.82, 2.24) is 4.90 Å². The molecule has 2 aromatic carbocycles. The van der Waals surface area contributed by atoms with Crippen LogP contribution in [0.2, 0.25) is 0 Å². The van der Waals surface area contributed by atoms with E-state index in [1.54, 1.807) is 0 Å². The maximum atomic E-state index is 10.1. The highest BCUT2D eigenvalue weighted by molar-refractivity contribution is 5.88. The third-order valence-corrected chi connectivity index (χ3v) is 6.88. The van der Waals surface area contributed by atoms with Gasteiger partial charge in [-0.3, -0.25) is 0 Å². The van der Waals surface area contributed by atoms with Gasteiger partial charge in [-0.25, -0.2) is 4.99 Å². The van der Waals surface area contributed by atoms with Gasteiger partial charge < -0.3 is 9.32 Å². The van der Waals surface area contributed by atoms with Crippen molar-refractivity contribution < 1.29 is 4.42 Å². The number of fused-ring (bicyclic) bond motifs is 2. The van der Waals surface area contributed by atoms with E-state index in [2.05, 4.69) is 31.7 Å². The number of hydrogen-bond acceptors (Lipinski definition) is 3. The van der Waals surface area contributed by atoms with Crippen LogP contribution >= 0.6 is 0 Å². The van der Waals surface area contributed by atoms with Crippen molar-refractivity contribution in [3.8, 4) is 28.5 Å². The molecule has 0 spiro atoms. The Balaban J connectivity index is 1.56. The molecule has 32 heavy (non-hydrogen) atoms. The first kappa shape index (κ1) is 20.6. The summed E-state index contributed by atoms with van der Waals surface area (Å²) in [6, 6.07) is 22.8. The number of hydrogen-bond donors (Lipinski definition) is 0. The molecule has 5 rings (SSSR count). The first-order chi connectivity index (χ1) is 15.4. The van der Waals surface area contributed by atoms with Crippen molar-refractivity contribution >= 4 is 12.2 Å². The number of benzene rings is 2. The van der Waals surface area contributed by atoms with Crippen LogP contribution in [0.5, 0.6) is 0 Å². The molecule has 2 atom stereocenters. The first-order valence-corrected chi connectivity index (χ1v) is 11.4. The molecule has 3 aromatic rings. The Morgan fingerprint density at radius 2 is 1.66 bits per heavy atom. The predicted molar refractivity (Wildman–Crippen MR) is 129 cm³/mol. The highest BCUT2D eigenvalue weighted by Gasteiger charge is 2.48. The zero-order valence-electron chi connectivity index (χ0n) is 19.0. The Labute approximate surface area is 190 Å². The van der Waals surface area contributed by atoms with Gasteiger partial charge in [0.2, 0.25) is 5.88 Å². The summed E-state index contributed by atoms with van der Waals surface area (Å²) in [4.78, 5) is 7.11. The zero-order valence-corrected chi connectivity index (χ0v) is 19.0. The van der Waals surface area contributed by atoms with Crippen LogP contribution < -0.4 is 0 Å². The molecule has 0 amide bonds. The summed E-state index contributed by atoms with van der Waals surface area (Å²) in [7, 11) is 0. The van der Waals surface area contributed by atoms with Gasteiger partial charge in [0.25, 0.3) is 0 Å². The van der Waals surface area contributed by atoms with Gasteiger partial charge in [0.15, 0.2) is 0 Å². The van der Waals surface area contributed by atoms with E-state index in [9.17, 15) is 5.26 Å². The summed E-state index contributed by atoms with van der Waals surface area (Å²) < 4.78 is 6.27. The molecular weight excluding hydrogens is 394 g/mol. The highest BCUT2D eigenvalue weighted by atomic mass is 16.4. The third kappa shape index (κ3) is 3.73. The molecule has 2 bridgehead atoms. The lowest BCUT2D eigenvalue weighted by molar-refractivity contribution is 0.133. The van der Waals surface area contributed by atoms with Gasteiger partial charge >= 0.3 is 0 Å². The molecule has 4 heteroatoms. The minimum absolute atomic E-state index is 0.323. The molecule has 1 saturated heterocycles. The van der Waals surface area contributed by atoms with Crippen LogP contribution in [0.1, 0.15) is 45.6 Å². The maximum Gasteiger partial charge on any atom is 0.239 e. The number of aliphatic imine (C=N–C) groups is 1. The Morgan fingerprint density at radius 3 is 2.31 bits per heavy atom. The number of rotatable bonds is 4. The van der Waals surface area contributed by atoms with E-state index in [0.717, 1.165) is 23.2 Å². The number of nitrogens with zero attached hydrogens (tertiary/aromatic N) is 3. The lowest BCUT2D eigenvalue weighted by atomic mass is 9.65. The highest BCUT2D eigenvalue weighted by Crippen LogP contribution is 2.52. The van der Waals surface area contributed by atoms with Crippen LogP contribution in [-0.4, -0.2) is 23.8 Å². The van der Waals surface area contributed by atoms with Crippen molar-refractivity contribution in [1.29, 1.82) is 5.26 Å². The summed E-state index contributed by atoms with van der Waals surface area (Å²) in [6.07, 6.45) is 5.53. The summed E-state index contributed by atoms with van der Waals surface area (Å²) in [5.74, 6) is 1.07. The van der Waals surface area contributed by atoms with Gasteiger partial charge in [-0.1, -0.05) is 81.4 Å². The van der Waals surface area contributed by atoms with Gasteiger partial charge in [-0.2, -0.15) is 5.26 Å². The molecule has 1 saturated carbocycles. The predicted octanol–water partition coefficient (Wildman–Crippen LogP) is 7.05. The molecule has 0 radical (unpaired) electrons. The van der Waals surface area contributed by atoms with E-state index in [1.807, 2.05) is 67.0 Å². The van der Waals surface area contributed by atoms with Crippen LogP contribution in [0.3, 0.4) is 0 Å². The quantitative estimate of drug-likeness (QED) is 0.334. The van der Waals surface area contributed by atoms with Crippen LogP contribution in [0.25, 0.3) is 22.5 Å². The largest absolute Gasteiger partial charge is 0.436 e. The van der Waals surface area contributed by atoms with Crippen molar-refractivity contribution in [2.45, 2.75) is 46.1 Å². The Morgan fingerprint density at radius 1 is 1.00 bits per heavy atom. The van der Waals surface area contributed by atoms with E-state index in [0.29, 0.717) is 34.1 Å². The van der Waals surface area contributed by atoms with Crippen LogP contribution in [0.4, 0.5) is 5.88 Å². The van der Waals surface area contributed by atoms with E-state index in [-0.39, 0.29) is 0 Å². The maximum absolute atomic E-state index is 10.1. The zero-order chi connectivity index (χ0) is 22.3. The molecular formula is C28H29N3O. The first-order valence-electron chi connectivity index (χ1n) is 11.4. The molecule has 1 aliphatic carbocycles. The summed E-state index contributed by atoms with van der Waals surface area (Å²) in [5.41, 5.74) is 3.86. The average molecular weight is 424 g/mol. The van der Waals surface area contributed by atoms with Crippen LogP contribution in [0.15, 0.2) is 70.1 Å². The van der Waals surface area contributed by atoms with Gasteiger partial charge in [0, 0.05) is 23.7 Å². The second kappa shape index (κ2) is 7.67. The van der Waals surface area contributed by atoms with Crippen molar-refractivity contribution in [3.05, 3.63) is 66.2 Å². The Bertz CT molecular complexity index is 1190. The van der Waals surface area contributed by atoms with Crippen molar-refractivity contribution in [3.63, 3.8) is 0 Å². The van der Waals surface area contributed by atoms with E-state index >= 15 is 0 Å². The fourth-order valence-corrected chi connectivity index (χ4v) is 6.05. The number of furan rings is 1. The molecule has 1 aliphatic heterocycles. The Hall–Kier alpha value is -3.32. The second-order valence-electron chi connectivity index (χ2n) is 10.5. The fourth-order valence-electron chi connectivity index (χ4n) is 6.05. The molecule has 4 nitrogen and oxygen atoms in total. The fraction of sp³-hybridized carbons (Fsp3) is 0.357. The lowest BCUT2D eigenvalue weighted by Gasteiger charge is -2.39. The average Bonchev–Trinajstić information content (AvgIpc) is 3.26. The van der Waals surface area contributed by atoms with Gasteiger partial charge in [0.05, 0.1) is 6.34 Å². The monoisotopic (exact) mass is 423 g/mol. The summed E-state index contributed by atoms with van der Waals surface area (Å²) in [5, 5.41) is 10.1. The van der Waals surface area contributed by atoms with Gasteiger partial charge in [-0.15, -0.1) is 0 Å². The molecule has 0 N–H and O–H groups in total. The SMILES string of the molecule is CC1(C)C[C@@H]2C[C@](C)(CN2C=Nc2oc(-c3ccccc3)c(-c3ccccc3)c2C#N)C1. The minimum Gasteiger partial charge on any atom is -0.436 e. The smallest absolute Gasteiger partial charge is 0.239 e. The van der Waals surface area contributed by atoms with Gasteiger partial charge in [0.1, 0.15) is 17.4 Å². The standard InChI is InChI=1S/C28H29N3O/c1-27(2)14-22-15-28(3,17-27)18-31(22)19-30-26-23(16-29)24(20-10-6-4-7-11-20)25(32-26)21-12-8-5-9-13-21/h4-13,19,22H,14-15,17-18H2,1-3H3/t22-,28+/m1/s1. The molecule has 2 heterocycles. The summed E-state index contributed by atoms with van der Waals surface area (Å²) in [6.45, 7) is 8.14. The van der Waals surface area contributed by atoms with E-state index in [4.69, 9.17) is 9.41 Å². The van der Waals surface area contributed by atoms with Gasteiger partial charge in [-0.05, 0) is 35.7 Å².